The van der Waals surface area contributed by atoms with E-state index in [2.05, 4.69) is 20.8 Å². The van der Waals surface area contributed by atoms with Gasteiger partial charge in [-0.3, -0.25) is 0 Å². The normalized spacial score (nSPS) is 11.0. The smallest absolute Gasteiger partial charge is 0.339 e. The molecule has 110 valence electrons. The molecular weight excluding hydrogens is 276 g/mol. The predicted molar refractivity (Wildman–Crippen MR) is 89.2 cm³/mol. The third-order valence-corrected chi connectivity index (χ3v) is 3.30. The van der Waals surface area contributed by atoms with E-state index in [-0.39, 0.29) is 6.03 Å². The van der Waals surface area contributed by atoms with Gasteiger partial charge in [0, 0.05) is 28.4 Å². The van der Waals surface area contributed by atoms with Crippen LogP contribution in [0.5, 0.6) is 0 Å². The lowest BCUT2D eigenvalue weighted by Gasteiger charge is -2.04. The summed E-state index contributed by atoms with van der Waals surface area (Å²) in [4.78, 5) is 14.9. The number of rotatable bonds is 3. The van der Waals surface area contributed by atoms with Crippen LogP contribution in [0, 0.1) is 6.92 Å². The third kappa shape index (κ3) is 3.15. The molecule has 1 heterocycles. The quantitative estimate of drug-likeness (QED) is 0.500. The first-order valence-electron chi connectivity index (χ1n) is 6.95. The molecule has 0 fully saturated rings. The van der Waals surface area contributed by atoms with Gasteiger partial charge in [-0.25, -0.2) is 10.2 Å². The number of carbonyl (C=O) groups is 1. The van der Waals surface area contributed by atoms with E-state index >= 15 is 0 Å². The monoisotopic (exact) mass is 292 g/mol. The highest BCUT2D eigenvalue weighted by molar-refractivity contribution is 5.99. The van der Waals surface area contributed by atoms with Crippen molar-refractivity contribution in [2.24, 2.45) is 5.10 Å². The minimum absolute atomic E-state index is 0.375. The maximum Gasteiger partial charge on any atom is 0.339 e. The average Bonchev–Trinajstić information content (AvgIpc) is 2.93. The van der Waals surface area contributed by atoms with E-state index in [0.717, 1.165) is 27.7 Å². The number of para-hydroxylation sites is 1. The van der Waals surface area contributed by atoms with Gasteiger partial charge in [0.25, 0.3) is 0 Å². The molecule has 2 aromatic carbocycles. The Bertz CT molecular complexity index is 818. The second kappa shape index (κ2) is 6.13. The Morgan fingerprint density at radius 1 is 1.14 bits per heavy atom. The topological polar surface area (TPSA) is 69.3 Å². The zero-order chi connectivity index (χ0) is 15.4. The molecule has 5 nitrogen and oxygen atoms in total. The molecule has 0 aliphatic heterocycles. The number of aromatic amines is 1. The molecule has 0 unspecified atom stereocenters. The first kappa shape index (κ1) is 13.9. The highest BCUT2D eigenvalue weighted by Gasteiger charge is 2.01. The lowest BCUT2D eigenvalue weighted by molar-refractivity contribution is 0.252. The molecule has 1 aromatic heterocycles. The number of aromatic nitrogens is 1. The van der Waals surface area contributed by atoms with Gasteiger partial charge in [0.05, 0.1) is 6.21 Å². The number of nitrogens with zero attached hydrogens (tertiary/aromatic N) is 1. The molecule has 5 heteroatoms. The summed E-state index contributed by atoms with van der Waals surface area (Å²) in [5.74, 6) is 0. The molecule has 22 heavy (non-hydrogen) atoms. The van der Waals surface area contributed by atoms with Crippen LogP contribution in [0.15, 0.2) is 59.8 Å². The minimum Gasteiger partial charge on any atom is -0.361 e. The third-order valence-electron chi connectivity index (χ3n) is 3.30. The number of fused-ring (bicyclic) bond motifs is 1. The Morgan fingerprint density at radius 3 is 2.73 bits per heavy atom. The number of aryl methyl sites for hydroxylation is 1. The van der Waals surface area contributed by atoms with Crippen molar-refractivity contribution in [3.63, 3.8) is 0 Å². The first-order valence-corrected chi connectivity index (χ1v) is 6.95. The van der Waals surface area contributed by atoms with Crippen molar-refractivity contribution < 1.29 is 4.79 Å². The van der Waals surface area contributed by atoms with Crippen molar-refractivity contribution in [2.45, 2.75) is 6.92 Å². The van der Waals surface area contributed by atoms with Gasteiger partial charge in [-0.2, -0.15) is 5.10 Å². The summed E-state index contributed by atoms with van der Waals surface area (Å²) in [5.41, 5.74) is 6.28. The molecule has 0 aliphatic rings. The highest BCUT2D eigenvalue weighted by Crippen LogP contribution is 2.15. The number of urea groups is 1. The molecule has 0 saturated heterocycles. The van der Waals surface area contributed by atoms with E-state index in [0.29, 0.717) is 0 Å². The molecule has 0 aliphatic carbocycles. The summed E-state index contributed by atoms with van der Waals surface area (Å²) in [7, 11) is 0. The van der Waals surface area contributed by atoms with Crippen LogP contribution in [-0.4, -0.2) is 17.2 Å². The molecule has 0 radical (unpaired) electrons. The van der Waals surface area contributed by atoms with Crippen molar-refractivity contribution in [3.05, 3.63) is 65.9 Å². The first-order chi connectivity index (χ1) is 10.7. The van der Waals surface area contributed by atoms with E-state index in [4.69, 9.17) is 0 Å². The van der Waals surface area contributed by atoms with E-state index in [9.17, 15) is 4.79 Å². The van der Waals surface area contributed by atoms with Crippen LogP contribution in [0.25, 0.3) is 10.9 Å². The van der Waals surface area contributed by atoms with Gasteiger partial charge >= 0.3 is 6.03 Å². The Labute approximate surface area is 128 Å². The van der Waals surface area contributed by atoms with Crippen LogP contribution in [-0.2, 0) is 0 Å². The molecule has 2 amide bonds. The molecule has 0 bridgehead atoms. The number of anilines is 1. The molecular formula is C17H16N4O. The molecule has 3 aromatic rings. The predicted octanol–water partition coefficient (Wildman–Crippen LogP) is 3.63. The van der Waals surface area contributed by atoms with E-state index in [1.54, 1.807) is 6.21 Å². The number of hydrogen-bond acceptors (Lipinski definition) is 2. The number of hydrogen-bond donors (Lipinski definition) is 3. The summed E-state index contributed by atoms with van der Waals surface area (Å²) in [6.07, 6.45) is 3.47. The lowest BCUT2D eigenvalue weighted by Crippen LogP contribution is -2.24. The Balaban J connectivity index is 1.62. The average molecular weight is 292 g/mol. The van der Waals surface area contributed by atoms with Crippen LogP contribution in [0.3, 0.4) is 0 Å². The second-order valence-electron chi connectivity index (χ2n) is 4.98. The highest BCUT2D eigenvalue weighted by atomic mass is 16.2. The van der Waals surface area contributed by atoms with Crippen molar-refractivity contribution in [3.8, 4) is 0 Å². The lowest BCUT2D eigenvalue weighted by atomic mass is 10.2. The Morgan fingerprint density at radius 2 is 1.91 bits per heavy atom. The molecule has 0 saturated carbocycles. The Hall–Kier alpha value is -3.08. The zero-order valence-corrected chi connectivity index (χ0v) is 12.1. The van der Waals surface area contributed by atoms with Crippen LogP contribution in [0.1, 0.15) is 11.1 Å². The molecule has 3 rings (SSSR count). The van der Waals surface area contributed by atoms with Crippen LogP contribution < -0.4 is 10.7 Å². The SMILES string of the molecule is Cc1ccc(NC(=O)NN=Cc2c[nH]c3ccccc23)cc1. The minimum atomic E-state index is -0.375. The largest absolute Gasteiger partial charge is 0.361 e. The van der Waals surface area contributed by atoms with Gasteiger partial charge in [0.2, 0.25) is 0 Å². The standard InChI is InChI=1S/C17H16N4O/c1-12-6-8-14(9-7-12)20-17(22)21-19-11-13-10-18-16-5-3-2-4-15(13)16/h2-11,18H,1H3,(H2,20,21,22). The zero-order valence-electron chi connectivity index (χ0n) is 12.1. The number of carbonyl (C=O) groups excluding carboxylic acids is 1. The maximum atomic E-state index is 11.7. The van der Waals surface area contributed by atoms with Crippen molar-refractivity contribution in [1.29, 1.82) is 0 Å². The second-order valence-corrected chi connectivity index (χ2v) is 4.98. The Kier molecular flexibility index (Phi) is 3.87. The van der Waals surface area contributed by atoms with E-state index in [1.165, 1.54) is 0 Å². The van der Waals surface area contributed by atoms with Crippen LogP contribution in [0.4, 0.5) is 10.5 Å². The summed E-state index contributed by atoms with van der Waals surface area (Å²) < 4.78 is 0. The van der Waals surface area contributed by atoms with Crippen molar-refractivity contribution in [1.82, 2.24) is 10.4 Å². The van der Waals surface area contributed by atoms with Gasteiger partial charge in [-0.05, 0) is 25.1 Å². The van der Waals surface area contributed by atoms with E-state index < -0.39 is 0 Å². The van der Waals surface area contributed by atoms with Gasteiger partial charge in [-0.1, -0.05) is 35.9 Å². The number of hydrazone groups is 1. The summed E-state index contributed by atoms with van der Waals surface area (Å²) in [6.45, 7) is 2.00. The van der Waals surface area contributed by atoms with Gasteiger partial charge < -0.3 is 10.3 Å². The summed E-state index contributed by atoms with van der Waals surface area (Å²) in [5, 5.41) is 7.75. The maximum absolute atomic E-state index is 11.7. The fraction of sp³-hybridized carbons (Fsp3) is 0.0588. The number of H-pyrrole nitrogens is 1. The number of benzene rings is 2. The van der Waals surface area contributed by atoms with Gasteiger partial charge in [0.15, 0.2) is 0 Å². The molecule has 0 spiro atoms. The number of nitrogens with one attached hydrogen (secondary N) is 3. The fourth-order valence-electron chi connectivity index (χ4n) is 2.16. The summed E-state index contributed by atoms with van der Waals surface area (Å²) in [6, 6.07) is 15.1. The van der Waals surface area contributed by atoms with Crippen molar-refractivity contribution in [2.75, 3.05) is 5.32 Å². The fourth-order valence-corrected chi connectivity index (χ4v) is 2.16. The molecule has 3 N–H and O–H groups in total. The van der Waals surface area contributed by atoms with Crippen LogP contribution in [0.2, 0.25) is 0 Å². The van der Waals surface area contributed by atoms with Crippen molar-refractivity contribution >= 4 is 28.8 Å². The van der Waals surface area contributed by atoms with Crippen LogP contribution >= 0.6 is 0 Å². The van der Waals surface area contributed by atoms with Gasteiger partial charge in [-0.15, -0.1) is 0 Å². The molecule has 0 atom stereocenters. The summed E-state index contributed by atoms with van der Waals surface area (Å²) >= 11 is 0. The van der Waals surface area contributed by atoms with E-state index in [1.807, 2.05) is 61.7 Å². The number of amides is 2. The van der Waals surface area contributed by atoms with Gasteiger partial charge in [0.1, 0.15) is 0 Å².